The van der Waals surface area contributed by atoms with Gasteiger partial charge in [0, 0.05) is 19.6 Å². The molecule has 0 saturated heterocycles. The minimum absolute atomic E-state index is 0.688. The second-order valence-corrected chi connectivity index (χ2v) is 5.47. The number of benzene rings is 1. The smallest absolute Gasteiger partial charge is 0.191 e. The summed E-state index contributed by atoms with van der Waals surface area (Å²) in [6.07, 6.45) is 2.07. The molecule has 0 atom stereocenters. The highest BCUT2D eigenvalue weighted by Gasteiger charge is 2.00. The molecule has 4 nitrogen and oxygen atoms in total. The van der Waals surface area contributed by atoms with Crippen LogP contribution < -0.4 is 15.4 Å². The van der Waals surface area contributed by atoms with Crippen molar-refractivity contribution >= 4 is 5.96 Å². The topological polar surface area (TPSA) is 45.7 Å². The second kappa shape index (κ2) is 10.1. The van der Waals surface area contributed by atoms with E-state index < -0.39 is 0 Å². The third kappa shape index (κ3) is 7.59. The number of hydrogen-bond donors (Lipinski definition) is 2. The number of methoxy groups -OCH3 is 1. The first-order valence-electron chi connectivity index (χ1n) is 7.80. The summed E-state index contributed by atoms with van der Waals surface area (Å²) in [6, 6.07) is 8.18. The zero-order valence-corrected chi connectivity index (χ0v) is 13.8. The summed E-state index contributed by atoms with van der Waals surface area (Å²) in [6.45, 7) is 9.14. The first-order chi connectivity index (χ1) is 10.2. The molecule has 0 saturated carbocycles. The maximum absolute atomic E-state index is 5.24. The standard InChI is InChI=1S/C17H29N3O/c1-5-18-17(19-11-9-14(2)3)20-12-10-15-7-6-8-16(13-15)21-4/h6-8,13-14H,5,9-12H2,1-4H3,(H2,18,19,20). The minimum Gasteiger partial charge on any atom is -0.497 e. The Morgan fingerprint density at radius 2 is 2.10 bits per heavy atom. The molecule has 21 heavy (non-hydrogen) atoms. The van der Waals surface area contributed by atoms with E-state index in [9.17, 15) is 0 Å². The lowest BCUT2D eigenvalue weighted by atomic mass is 10.1. The molecule has 0 bridgehead atoms. The normalized spacial score (nSPS) is 11.6. The molecule has 0 radical (unpaired) electrons. The van der Waals surface area contributed by atoms with Crippen molar-refractivity contribution in [3.63, 3.8) is 0 Å². The van der Waals surface area contributed by atoms with Crippen LogP contribution in [0.3, 0.4) is 0 Å². The highest BCUT2D eigenvalue weighted by atomic mass is 16.5. The Kier molecular flexibility index (Phi) is 8.32. The van der Waals surface area contributed by atoms with Crippen LogP contribution in [0.25, 0.3) is 0 Å². The number of rotatable bonds is 8. The average molecular weight is 291 g/mol. The number of ether oxygens (including phenoxy) is 1. The van der Waals surface area contributed by atoms with Gasteiger partial charge in [-0.3, -0.25) is 4.99 Å². The molecule has 0 amide bonds. The third-order valence-electron chi connectivity index (χ3n) is 3.16. The van der Waals surface area contributed by atoms with Crippen molar-refractivity contribution in [2.75, 3.05) is 26.7 Å². The molecule has 0 heterocycles. The predicted octanol–water partition coefficient (Wildman–Crippen LogP) is 2.84. The molecular formula is C17H29N3O. The van der Waals surface area contributed by atoms with Gasteiger partial charge in [0.15, 0.2) is 5.96 Å². The van der Waals surface area contributed by atoms with Gasteiger partial charge in [-0.1, -0.05) is 26.0 Å². The fourth-order valence-corrected chi connectivity index (χ4v) is 1.93. The highest BCUT2D eigenvalue weighted by Crippen LogP contribution is 2.12. The van der Waals surface area contributed by atoms with Crippen molar-refractivity contribution in [3.05, 3.63) is 29.8 Å². The van der Waals surface area contributed by atoms with Crippen LogP contribution in [-0.4, -0.2) is 32.7 Å². The van der Waals surface area contributed by atoms with Crippen LogP contribution in [0.1, 0.15) is 32.8 Å². The minimum atomic E-state index is 0.688. The lowest BCUT2D eigenvalue weighted by Gasteiger charge is -2.12. The van der Waals surface area contributed by atoms with E-state index in [2.05, 4.69) is 48.5 Å². The molecule has 1 rings (SSSR count). The summed E-state index contributed by atoms with van der Waals surface area (Å²) in [5.41, 5.74) is 1.26. The molecule has 0 spiro atoms. The number of guanidine groups is 1. The van der Waals surface area contributed by atoms with Gasteiger partial charge in [-0.25, -0.2) is 0 Å². The largest absolute Gasteiger partial charge is 0.497 e. The summed E-state index contributed by atoms with van der Waals surface area (Å²) in [5.74, 6) is 2.50. The average Bonchev–Trinajstić information content (AvgIpc) is 2.47. The Morgan fingerprint density at radius 1 is 1.29 bits per heavy atom. The molecule has 1 aromatic carbocycles. The van der Waals surface area contributed by atoms with Gasteiger partial charge < -0.3 is 15.4 Å². The molecule has 0 fully saturated rings. The van der Waals surface area contributed by atoms with Crippen LogP contribution in [0, 0.1) is 5.92 Å². The Labute approximate surface area is 129 Å². The van der Waals surface area contributed by atoms with Gasteiger partial charge in [0.2, 0.25) is 0 Å². The van der Waals surface area contributed by atoms with Crippen LogP contribution in [0.2, 0.25) is 0 Å². The molecule has 0 aliphatic carbocycles. The monoisotopic (exact) mass is 291 g/mol. The lowest BCUT2D eigenvalue weighted by molar-refractivity contribution is 0.414. The molecule has 0 unspecified atom stereocenters. The van der Waals surface area contributed by atoms with E-state index >= 15 is 0 Å². The number of nitrogens with one attached hydrogen (secondary N) is 2. The van der Waals surface area contributed by atoms with E-state index in [1.807, 2.05) is 12.1 Å². The molecule has 0 aliphatic heterocycles. The number of nitrogens with zero attached hydrogens (tertiary/aromatic N) is 1. The summed E-state index contributed by atoms with van der Waals surface area (Å²) in [5, 5.41) is 6.66. The van der Waals surface area contributed by atoms with Crippen LogP contribution in [-0.2, 0) is 6.42 Å². The Balaban J connectivity index is 2.41. The van der Waals surface area contributed by atoms with Crippen LogP contribution in [0.5, 0.6) is 5.75 Å². The van der Waals surface area contributed by atoms with Gasteiger partial charge in [0.1, 0.15) is 5.75 Å². The van der Waals surface area contributed by atoms with Crippen molar-refractivity contribution in [1.82, 2.24) is 10.6 Å². The Morgan fingerprint density at radius 3 is 2.76 bits per heavy atom. The van der Waals surface area contributed by atoms with E-state index in [0.717, 1.165) is 44.2 Å². The van der Waals surface area contributed by atoms with Gasteiger partial charge in [0.25, 0.3) is 0 Å². The summed E-state index contributed by atoms with van der Waals surface area (Å²) < 4.78 is 5.24. The maximum Gasteiger partial charge on any atom is 0.191 e. The van der Waals surface area contributed by atoms with Gasteiger partial charge in [0.05, 0.1) is 7.11 Å². The predicted molar refractivity (Wildman–Crippen MR) is 90.1 cm³/mol. The molecule has 1 aromatic rings. The SMILES string of the molecule is CCNC(=NCCC(C)C)NCCc1cccc(OC)c1. The molecular weight excluding hydrogens is 262 g/mol. The first kappa shape index (κ1) is 17.3. The van der Waals surface area contributed by atoms with Gasteiger partial charge >= 0.3 is 0 Å². The van der Waals surface area contributed by atoms with Crippen molar-refractivity contribution < 1.29 is 4.74 Å². The number of hydrogen-bond acceptors (Lipinski definition) is 2. The van der Waals surface area contributed by atoms with Crippen LogP contribution >= 0.6 is 0 Å². The van der Waals surface area contributed by atoms with E-state index in [0.29, 0.717) is 5.92 Å². The second-order valence-electron chi connectivity index (χ2n) is 5.47. The van der Waals surface area contributed by atoms with Gasteiger partial charge in [-0.15, -0.1) is 0 Å². The van der Waals surface area contributed by atoms with E-state index in [1.165, 1.54) is 5.56 Å². The quantitative estimate of drug-likeness (QED) is 0.572. The molecule has 4 heteroatoms. The summed E-state index contributed by atoms with van der Waals surface area (Å²) in [4.78, 5) is 4.59. The molecule has 0 aromatic heterocycles. The summed E-state index contributed by atoms with van der Waals surface area (Å²) >= 11 is 0. The van der Waals surface area contributed by atoms with Crippen molar-refractivity contribution in [3.8, 4) is 5.75 Å². The van der Waals surface area contributed by atoms with E-state index in [1.54, 1.807) is 7.11 Å². The lowest BCUT2D eigenvalue weighted by Crippen LogP contribution is -2.38. The van der Waals surface area contributed by atoms with E-state index in [-0.39, 0.29) is 0 Å². The van der Waals surface area contributed by atoms with Crippen molar-refractivity contribution in [2.45, 2.75) is 33.6 Å². The van der Waals surface area contributed by atoms with Crippen LogP contribution in [0.4, 0.5) is 0 Å². The summed E-state index contributed by atoms with van der Waals surface area (Å²) in [7, 11) is 1.70. The Hall–Kier alpha value is -1.71. The van der Waals surface area contributed by atoms with E-state index in [4.69, 9.17) is 4.74 Å². The van der Waals surface area contributed by atoms with Crippen molar-refractivity contribution in [1.29, 1.82) is 0 Å². The third-order valence-corrected chi connectivity index (χ3v) is 3.16. The molecule has 2 N–H and O–H groups in total. The molecule has 0 aliphatic rings. The fourth-order valence-electron chi connectivity index (χ4n) is 1.93. The fraction of sp³-hybridized carbons (Fsp3) is 0.588. The first-order valence-corrected chi connectivity index (χ1v) is 7.80. The van der Waals surface area contributed by atoms with Gasteiger partial charge in [-0.05, 0) is 43.4 Å². The van der Waals surface area contributed by atoms with Gasteiger partial charge in [-0.2, -0.15) is 0 Å². The Bertz CT molecular complexity index is 430. The van der Waals surface area contributed by atoms with Crippen LogP contribution in [0.15, 0.2) is 29.3 Å². The van der Waals surface area contributed by atoms with Crippen molar-refractivity contribution in [2.24, 2.45) is 10.9 Å². The molecule has 118 valence electrons. The zero-order chi connectivity index (χ0) is 15.5. The maximum atomic E-state index is 5.24. The number of aliphatic imine (C=N–C) groups is 1. The highest BCUT2D eigenvalue weighted by molar-refractivity contribution is 5.79. The zero-order valence-electron chi connectivity index (χ0n) is 13.8.